The summed E-state index contributed by atoms with van der Waals surface area (Å²) in [4.78, 5) is 41.4. The minimum Gasteiger partial charge on any atom is -0.482 e. The summed E-state index contributed by atoms with van der Waals surface area (Å²) in [6, 6.07) is 14.4. The summed E-state index contributed by atoms with van der Waals surface area (Å²) in [7, 11) is 4.85. The standard InChI is InChI=1S/C25H24ClN5O5/c1-31(2)28-13-16-4-6-17(7-5-16)24(33)29-21-10-9-19(36-15-23(32)35-3)12-20(21)25(34)30-22-11-8-18(26)14-27-22/h4-14H,15H2,1-3H3,(H,29,33)(H,27,30,34). The number of hydrogen-bond acceptors (Lipinski definition) is 8. The van der Waals surface area contributed by atoms with Crippen molar-refractivity contribution in [1.82, 2.24) is 9.99 Å². The van der Waals surface area contributed by atoms with Gasteiger partial charge in [0.1, 0.15) is 11.6 Å². The molecule has 36 heavy (non-hydrogen) atoms. The molecule has 0 saturated carbocycles. The van der Waals surface area contributed by atoms with E-state index in [1.165, 1.54) is 37.6 Å². The summed E-state index contributed by atoms with van der Waals surface area (Å²) in [6.45, 7) is -0.342. The third-order valence-corrected chi connectivity index (χ3v) is 4.87. The zero-order valence-electron chi connectivity index (χ0n) is 19.8. The number of nitrogens with zero attached hydrogens (tertiary/aromatic N) is 3. The van der Waals surface area contributed by atoms with Crippen molar-refractivity contribution in [3.8, 4) is 5.75 Å². The highest BCUT2D eigenvalue weighted by atomic mass is 35.5. The number of amides is 2. The number of rotatable bonds is 9. The van der Waals surface area contributed by atoms with Crippen LogP contribution >= 0.6 is 11.6 Å². The highest BCUT2D eigenvalue weighted by molar-refractivity contribution is 6.30. The predicted molar refractivity (Wildman–Crippen MR) is 137 cm³/mol. The van der Waals surface area contributed by atoms with Gasteiger partial charge in [0.05, 0.1) is 29.6 Å². The van der Waals surface area contributed by atoms with Gasteiger partial charge in [-0.25, -0.2) is 9.78 Å². The van der Waals surface area contributed by atoms with E-state index < -0.39 is 17.8 Å². The Balaban J connectivity index is 1.83. The Labute approximate surface area is 212 Å². The fourth-order valence-corrected chi connectivity index (χ4v) is 2.95. The van der Waals surface area contributed by atoms with E-state index in [4.69, 9.17) is 16.3 Å². The first-order valence-electron chi connectivity index (χ1n) is 10.6. The minimum atomic E-state index is -0.581. The number of esters is 1. The Morgan fingerprint density at radius 3 is 2.42 bits per heavy atom. The molecule has 0 atom stereocenters. The molecule has 0 fully saturated rings. The van der Waals surface area contributed by atoms with Gasteiger partial charge >= 0.3 is 5.97 Å². The quantitative estimate of drug-likeness (QED) is 0.256. The zero-order chi connectivity index (χ0) is 26.1. The molecule has 0 radical (unpaired) electrons. The SMILES string of the molecule is COC(=O)COc1ccc(NC(=O)c2ccc(C=NN(C)C)cc2)c(C(=O)Nc2ccc(Cl)cn2)c1. The van der Waals surface area contributed by atoms with Gasteiger partial charge in [0.15, 0.2) is 6.61 Å². The van der Waals surface area contributed by atoms with E-state index in [-0.39, 0.29) is 29.4 Å². The number of nitrogens with one attached hydrogen (secondary N) is 2. The second kappa shape index (κ2) is 12.3. The van der Waals surface area contributed by atoms with Crippen molar-refractivity contribution in [3.05, 3.63) is 82.5 Å². The summed E-state index contributed by atoms with van der Waals surface area (Å²) < 4.78 is 9.97. The van der Waals surface area contributed by atoms with E-state index in [0.717, 1.165) is 5.56 Å². The lowest BCUT2D eigenvalue weighted by Gasteiger charge is -2.14. The van der Waals surface area contributed by atoms with Gasteiger partial charge in [-0.05, 0) is 48.0 Å². The van der Waals surface area contributed by atoms with Gasteiger partial charge in [0.2, 0.25) is 0 Å². The number of aromatic nitrogens is 1. The Morgan fingerprint density at radius 2 is 1.78 bits per heavy atom. The van der Waals surface area contributed by atoms with Crippen molar-refractivity contribution in [2.45, 2.75) is 0 Å². The normalized spacial score (nSPS) is 10.6. The van der Waals surface area contributed by atoms with Crippen LogP contribution in [-0.4, -0.2) is 61.8 Å². The van der Waals surface area contributed by atoms with Crippen LogP contribution in [-0.2, 0) is 9.53 Å². The molecule has 1 aromatic heterocycles. The van der Waals surface area contributed by atoms with Gasteiger partial charge in [-0.1, -0.05) is 23.7 Å². The van der Waals surface area contributed by atoms with E-state index >= 15 is 0 Å². The van der Waals surface area contributed by atoms with E-state index in [1.54, 1.807) is 55.7 Å². The Kier molecular flexibility index (Phi) is 8.95. The van der Waals surface area contributed by atoms with Gasteiger partial charge in [-0.3, -0.25) is 9.59 Å². The molecule has 3 rings (SSSR count). The van der Waals surface area contributed by atoms with Crippen LogP contribution < -0.4 is 15.4 Å². The predicted octanol–water partition coefficient (Wildman–Crippen LogP) is 3.69. The van der Waals surface area contributed by atoms with Crippen LogP contribution in [0, 0.1) is 0 Å². The van der Waals surface area contributed by atoms with Crippen molar-refractivity contribution in [2.75, 3.05) is 38.4 Å². The molecule has 0 aliphatic heterocycles. The van der Waals surface area contributed by atoms with E-state index in [1.807, 2.05) is 0 Å². The van der Waals surface area contributed by atoms with Crippen LogP contribution in [0.3, 0.4) is 0 Å². The number of ether oxygens (including phenoxy) is 2. The summed E-state index contributed by atoms with van der Waals surface area (Å²) in [5.41, 5.74) is 1.53. The number of carbonyl (C=O) groups excluding carboxylic acids is 3. The lowest BCUT2D eigenvalue weighted by Crippen LogP contribution is -2.19. The molecule has 0 spiro atoms. The molecule has 0 bridgehead atoms. The monoisotopic (exact) mass is 509 g/mol. The number of hydrazone groups is 1. The molecule has 11 heteroatoms. The van der Waals surface area contributed by atoms with Crippen molar-refractivity contribution < 1.29 is 23.9 Å². The molecule has 0 saturated heterocycles. The molecule has 0 unspecified atom stereocenters. The van der Waals surface area contributed by atoms with E-state index in [2.05, 4.69) is 25.5 Å². The first kappa shape index (κ1) is 26.2. The van der Waals surface area contributed by atoms with Gasteiger partial charge < -0.3 is 25.1 Å². The summed E-state index contributed by atoms with van der Waals surface area (Å²) in [6.07, 6.45) is 3.06. The number of halogens is 1. The second-order valence-electron chi connectivity index (χ2n) is 7.56. The maximum atomic E-state index is 13.1. The van der Waals surface area contributed by atoms with Crippen LogP contribution in [0.15, 0.2) is 65.9 Å². The molecule has 2 N–H and O–H groups in total. The maximum absolute atomic E-state index is 13.1. The van der Waals surface area contributed by atoms with Crippen LogP contribution in [0.1, 0.15) is 26.3 Å². The molecular formula is C25H24ClN5O5. The summed E-state index contributed by atoms with van der Waals surface area (Å²) >= 11 is 5.85. The number of anilines is 2. The van der Waals surface area contributed by atoms with Crippen molar-refractivity contribution >= 4 is 47.1 Å². The fraction of sp³-hybridized carbons (Fsp3) is 0.160. The maximum Gasteiger partial charge on any atom is 0.343 e. The number of hydrogen-bond donors (Lipinski definition) is 2. The van der Waals surface area contributed by atoms with Crippen LogP contribution in [0.5, 0.6) is 5.75 Å². The fourth-order valence-electron chi connectivity index (χ4n) is 2.84. The summed E-state index contributed by atoms with van der Waals surface area (Å²) in [5, 5.41) is 11.6. The number of benzene rings is 2. The Bertz CT molecular complexity index is 1260. The zero-order valence-corrected chi connectivity index (χ0v) is 20.6. The number of methoxy groups -OCH3 is 1. The van der Waals surface area contributed by atoms with Crippen LogP contribution in [0.25, 0.3) is 0 Å². The second-order valence-corrected chi connectivity index (χ2v) is 7.99. The van der Waals surface area contributed by atoms with E-state index in [0.29, 0.717) is 10.6 Å². The van der Waals surface area contributed by atoms with Crippen LogP contribution in [0.2, 0.25) is 5.02 Å². The highest BCUT2D eigenvalue weighted by Gasteiger charge is 2.17. The topological polar surface area (TPSA) is 122 Å². The molecule has 186 valence electrons. The Hall–Kier alpha value is -4.44. The molecule has 0 aliphatic rings. The number of carbonyl (C=O) groups is 3. The third kappa shape index (κ3) is 7.54. The molecule has 1 heterocycles. The minimum absolute atomic E-state index is 0.0946. The molecular weight excluding hydrogens is 486 g/mol. The summed E-state index contributed by atoms with van der Waals surface area (Å²) in [5.74, 6) is -1.07. The molecule has 2 amide bonds. The van der Waals surface area contributed by atoms with Crippen molar-refractivity contribution in [3.63, 3.8) is 0 Å². The molecule has 3 aromatic rings. The van der Waals surface area contributed by atoms with Gasteiger partial charge in [-0.2, -0.15) is 5.10 Å². The molecule has 0 aliphatic carbocycles. The van der Waals surface area contributed by atoms with Gasteiger partial charge in [0.25, 0.3) is 11.8 Å². The van der Waals surface area contributed by atoms with Gasteiger partial charge in [0, 0.05) is 25.9 Å². The number of pyridine rings is 1. The Morgan fingerprint density at radius 1 is 1.03 bits per heavy atom. The van der Waals surface area contributed by atoms with E-state index in [9.17, 15) is 14.4 Å². The van der Waals surface area contributed by atoms with Crippen molar-refractivity contribution in [2.24, 2.45) is 5.10 Å². The van der Waals surface area contributed by atoms with Crippen molar-refractivity contribution in [1.29, 1.82) is 0 Å². The largest absolute Gasteiger partial charge is 0.482 e. The lowest BCUT2D eigenvalue weighted by molar-refractivity contribution is -0.142. The molecule has 10 nitrogen and oxygen atoms in total. The van der Waals surface area contributed by atoms with Crippen LogP contribution in [0.4, 0.5) is 11.5 Å². The lowest BCUT2D eigenvalue weighted by atomic mass is 10.1. The first-order chi connectivity index (χ1) is 17.2. The average molecular weight is 510 g/mol. The third-order valence-electron chi connectivity index (χ3n) is 4.65. The highest BCUT2D eigenvalue weighted by Crippen LogP contribution is 2.24. The first-order valence-corrected chi connectivity index (χ1v) is 11.0. The smallest absolute Gasteiger partial charge is 0.343 e. The van der Waals surface area contributed by atoms with Gasteiger partial charge in [-0.15, -0.1) is 0 Å². The molecule has 2 aromatic carbocycles. The average Bonchev–Trinajstić information content (AvgIpc) is 2.88.